The molecule has 0 bridgehead atoms. The molecule has 0 radical (unpaired) electrons. The topological polar surface area (TPSA) is 4.93 Å². The lowest BCUT2D eigenvalue weighted by Gasteiger charge is -2.13. The fourth-order valence-electron chi connectivity index (χ4n) is 3.32. The summed E-state index contributed by atoms with van der Waals surface area (Å²) in [5, 5.41) is 2.65. The Labute approximate surface area is 130 Å². The predicted octanol–water partition coefficient (Wildman–Crippen LogP) is 5.71. The number of benzene rings is 3. The molecule has 0 atom stereocenters. The van der Waals surface area contributed by atoms with Gasteiger partial charge in [-0.1, -0.05) is 42.0 Å². The van der Waals surface area contributed by atoms with E-state index in [1.165, 1.54) is 44.2 Å². The smallest absolute Gasteiger partial charge is 0.0541 e. The molecule has 0 unspecified atom stereocenters. The Hall–Kier alpha value is -2.54. The number of fused-ring (bicyclic) bond motifs is 3. The molecule has 3 aromatic carbocycles. The zero-order valence-electron chi connectivity index (χ0n) is 13.2. The van der Waals surface area contributed by atoms with Crippen LogP contribution in [0.1, 0.15) is 16.7 Å². The predicted molar refractivity (Wildman–Crippen MR) is 95.0 cm³/mol. The van der Waals surface area contributed by atoms with Crippen molar-refractivity contribution in [3.8, 4) is 5.69 Å². The SMILES string of the molecule is Cc1ccc2c(c1)c1ccccc1n2-c1cccc(C)c1C. The molecule has 1 heteroatoms. The van der Waals surface area contributed by atoms with Gasteiger partial charge in [-0.05, 0) is 56.2 Å². The standard InChI is InChI=1S/C21H19N/c1-14-11-12-21-18(13-14)17-8-4-5-9-20(17)22(21)19-10-6-7-15(2)16(19)3/h4-13H,1-3H3. The van der Waals surface area contributed by atoms with Crippen LogP contribution in [0.25, 0.3) is 27.5 Å². The van der Waals surface area contributed by atoms with Gasteiger partial charge >= 0.3 is 0 Å². The van der Waals surface area contributed by atoms with Crippen LogP contribution in [0.15, 0.2) is 60.7 Å². The van der Waals surface area contributed by atoms with E-state index >= 15 is 0 Å². The van der Waals surface area contributed by atoms with Crippen molar-refractivity contribution < 1.29 is 0 Å². The molecular formula is C21H19N. The molecule has 0 aliphatic carbocycles. The maximum atomic E-state index is 2.40. The van der Waals surface area contributed by atoms with Crippen LogP contribution in [0, 0.1) is 20.8 Å². The van der Waals surface area contributed by atoms with Gasteiger partial charge in [0.1, 0.15) is 0 Å². The first-order valence-corrected chi connectivity index (χ1v) is 7.73. The second-order valence-corrected chi connectivity index (χ2v) is 6.09. The minimum atomic E-state index is 1.27. The summed E-state index contributed by atoms with van der Waals surface area (Å²) >= 11 is 0. The Balaban J connectivity index is 2.22. The molecule has 1 aromatic heterocycles. The number of para-hydroxylation sites is 1. The van der Waals surface area contributed by atoms with Crippen LogP contribution >= 0.6 is 0 Å². The molecule has 4 rings (SSSR count). The zero-order chi connectivity index (χ0) is 15.3. The fraction of sp³-hybridized carbons (Fsp3) is 0.143. The van der Waals surface area contributed by atoms with Crippen LogP contribution in [0.5, 0.6) is 0 Å². The van der Waals surface area contributed by atoms with Crippen LogP contribution in [-0.2, 0) is 0 Å². The van der Waals surface area contributed by atoms with Crippen molar-refractivity contribution in [2.45, 2.75) is 20.8 Å². The van der Waals surface area contributed by atoms with Crippen molar-refractivity contribution in [2.75, 3.05) is 0 Å². The second-order valence-electron chi connectivity index (χ2n) is 6.09. The summed E-state index contributed by atoms with van der Waals surface area (Å²) in [5.74, 6) is 0. The van der Waals surface area contributed by atoms with E-state index in [9.17, 15) is 0 Å². The molecule has 1 nitrogen and oxygen atoms in total. The number of nitrogens with zero attached hydrogens (tertiary/aromatic N) is 1. The Morgan fingerprint density at radius 1 is 0.682 bits per heavy atom. The van der Waals surface area contributed by atoms with E-state index in [0.717, 1.165) is 0 Å². The highest BCUT2D eigenvalue weighted by atomic mass is 15.0. The lowest BCUT2D eigenvalue weighted by atomic mass is 10.1. The van der Waals surface area contributed by atoms with E-state index in [4.69, 9.17) is 0 Å². The van der Waals surface area contributed by atoms with Gasteiger partial charge in [-0.15, -0.1) is 0 Å². The molecule has 4 aromatic rings. The van der Waals surface area contributed by atoms with Crippen molar-refractivity contribution in [1.82, 2.24) is 4.57 Å². The van der Waals surface area contributed by atoms with Crippen molar-refractivity contribution in [3.63, 3.8) is 0 Å². The molecular weight excluding hydrogens is 266 g/mol. The number of aryl methyl sites for hydroxylation is 2. The zero-order valence-corrected chi connectivity index (χ0v) is 13.2. The highest BCUT2D eigenvalue weighted by Gasteiger charge is 2.13. The summed E-state index contributed by atoms with van der Waals surface area (Å²) in [5.41, 5.74) is 7.80. The van der Waals surface area contributed by atoms with Gasteiger partial charge in [-0.3, -0.25) is 0 Å². The van der Waals surface area contributed by atoms with Gasteiger partial charge in [0.15, 0.2) is 0 Å². The Kier molecular flexibility index (Phi) is 2.83. The lowest BCUT2D eigenvalue weighted by molar-refractivity contribution is 1.13. The Bertz CT molecular complexity index is 1010. The summed E-state index contributed by atoms with van der Waals surface area (Å²) in [6, 6.07) is 21.9. The summed E-state index contributed by atoms with van der Waals surface area (Å²) in [7, 11) is 0. The summed E-state index contributed by atoms with van der Waals surface area (Å²) in [4.78, 5) is 0. The van der Waals surface area contributed by atoms with Gasteiger partial charge in [0.05, 0.1) is 11.0 Å². The third-order valence-electron chi connectivity index (χ3n) is 4.65. The molecule has 0 aliphatic rings. The molecule has 0 aliphatic heterocycles. The average Bonchev–Trinajstić information content (AvgIpc) is 2.84. The maximum absolute atomic E-state index is 2.40. The fourth-order valence-corrected chi connectivity index (χ4v) is 3.32. The molecule has 108 valence electrons. The van der Waals surface area contributed by atoms with E-state index in [0.29, 0.717) is 0 Å². The van der Waals surface area contributed by atoms with Crippen molar-refractivity contribution in [1.29, 1.82) is 0 Å². The third kappa shape index (κ3) is 1.79. The molecule has 22 heavy (non-hydrogen) atoms. The molecule has 0 fully saturated rings. The first-order valence-electron chi connectivity index (χ1n) is 7.73. The van der Waals surface area contributed by atoms with Crippen LogP contribution in [0.3, 0.4) is 0 Å². The minimum absolute atomic E-state index is 1.27. The Morgan fingerprint density at radius 3 is 2.32 bits per heavy atom. The van der Waals surface area contributed by atoms with Crippen molar-refractivity contribution in [2.24, 2.45) is 0 Å². The molecule has 0 saturated heterocycles. The molecule has 1 heterocycles. The first-order chi connectivity index (χ1) is 10.7. The van der Waals surface area contributed by atoms with Crippen molar-refractivity contribution in [3.05, 3.63) is 77.4 Å². The molecule has 0 amide bonds. The first kappa shape index (κ1) is 13.1. The van der Waals surface area contributed by atoms with E-state index in [1.54, 1.807) is 0 Å². The van der Waals surface area contributed by atoms with E-state index < -0.39 is 0 Å². The number of hydrogen-bond donors (Lipinski definition) is 0. The highest BCUT2D eigenvalue weighted by Crippen LogP contribution is 2.33. The minimum Gasteiger partial charge on any atom is -0.309 e. The summed E-state index contributed by atoms with van der Waals surface area (Å²) < 4.78 is 2.40. The summed E-state index contributed by atoms with van der Waals surface area (Å²) in [6.07, 6.45) is 0. The lowest BCUT2D eigenvalue weighted by Crippen LogP contribution is -1.98. The van der Waals surface area contributed by atoms with Crippen LogP contribution < -0.4 is 0 Å². The van der Waals surface area contributed by atoms with Crippen LogP contribution in [-0.4, -0.2) is 4.57 Å². The highest BCUT2D eigenvalue weighted by molar-refractivity contribution is 6.09. The normalized spacial score (nSPS) is 11.4. The van der Waals surface area contributed by atoms with Gasteiger partial charge in [-0.25, -0.2) is 0 Å². The molecule has 0 saturated carbocycles. The van der Waals surface area contributed by atoms with Gasteiger partial charge in [0.25, 0.3) is 0 Å². The number of rotatable bonds is 1. The summed E-state index contributed by atoms with van der Waals surface area (Å²) in [6.45, 7) is 6.54. The van der Waals surface area contributed by atoms with Crippen molar-refractivity contribution >= 4 is 21.8 Å². The third-order valence-corrected chi connectivity index (χ3v) is 4.65. The monoisotopic (exact) mass is 285 g/mol. The molecule has 0 N–H and O–H groups in total. The molecule has 0 spiro atoms. The average molecular weight is 285 g/mol. The van der Waals surface area contributed by atoms with Gasteiger partial charge in [0.2, 0.25) is 0 Å². The second kappa shape index (κ2) is 4.74. The maximum Gasteiger partial charge on any atom is 0.0541 e. The van der Waals surface area contributed by atoms with Crippen LogP contribution in [0.2, 0.25) is 0 Å². The van der Waals surface area contributed by atoms with Crippen LogP contribution in [0.4, 0.5) is 0 Å². The van der Waals surface area contributed by atoms with Gasteiger partial charge < -0.3 is 4.57 Å². The van der Waals surface area contributed by atoms with E-state index in [1.807, 2.05) is 0 Å². The van der Waals surface area contributed by atoms with Gasteiger partial charge in [-0.2, -0.15) is 0 Å². The Morgan fingerprint density at radius 2 is 1.45 bits per heavy atom. The van der Waals surface area contributed by atoms with Gasteiger partial charge in [0, 0.05) is 16.5 Å². The quantitative estimate of drug-likeness (QED) is 0.422. The van der Waals surface area contributed by atoms with E-state index in [2.05, 4.69) is 86.0 Å². The largest absolute Gasteiger partial charge is 0.309 e. The van der Waals surface area contributed by atoms with E-state index in [-0.39, 0.29) is 0 Å². The number of aromatic nitrogens is 1. The number of hydrogen-bond acceptors (Lipinski definition) is 0.